The molecule has 10 aromatic carbocycles. The second kappa shape index (κ2) is 19.6. The lowest BCUT2D eigenvalue weighted by molar-refractivity contribution is 1.07. The maximum Gasteiger partial charge on any atom is 0.164 e. The van der Waals surface area contributed by atoms with Gasteiger partial charge >= 0.3 is 0 Å². The largest absolute Gasteiger partial charge is 0.311 e. The Kier molecular flexibility index (Phi) is 11.9. The predicted octanol–water partition coefficient (Wildman–Crippen LogP) is 14.9. The maximum absolute atomic E-state index is 5.47. The molecule has 2 aliphatic heterocycles. The molecule has 0 saturated carbocycles. The van der Waals surface area contributed by atoms with Crippen molar-refractivity contribution in [3.8, 4) is 79.5 Å². The highest BCUT2D eigenvalue weighted by molar-refractivity contribution is 7.03. The van der Waals surface area contributed by atoms with E-state index < -0.39 is 16.1 Å². The Morgan fingerprint density at radius 3 is 0.750 bits per heavy atom. The van der Waals surface area contributed by atoms with Crippen LogP contribution in [0.2, 0.25) is 26.2 Å². The summed E-state index contributed by atoms with van der Waals surface area (Å²) in [4.78, 5) is 37.1. The van der Waals surface area contributed by atoms with Crippen molar-refractivity contribution in [3.05, 3.63) is 255 Å². The third kappa shape index (κ3) is 8.35. The van der Waals surface area contributed by atoms with Crippen LogP contribution in [0.4, 0.5) is 34.1 Å². The Morgan fingerprint density at radius 2 is 0.475 bits per heavy atom. The van der Waals surface area contributed by atoms with Gasteiger partial charge in [0.15, 0.2) is 34.9 Å². The van der Waals surface area contributed by atoms with Crippen LogP contribution in [0.5, 0.6) is 0 Å². The van der Waals surface area contributed by atoms with Crippen LogP contribution in [0.3, 0.4) is 0 Å². The van der Waals surface area contributed by atoms with Crippen LogP contribution in [0.25, 0.3) is 79.5 Å². The van der Waals surface area contributed by atoms with Crippen LogP contribution in [-0.2, 0) is 0 Å². The monoisotopic (exact) mass is 1060 g/mol. The number of anilines is 6. The smallest absolute Gasteiger partial charge is 0.164 e. The molecule has 14 rings (SSSR count). The molecule has 80 heavy (non-hydrogen) atoms. The minimum Gasteiger partial charge on any atom is -0.311 e. The van der Waals surface area contributed by atoms with Gasteiger partial charge in [0.2, 0.25) is 0 Å². The molecule has 10 heteroatoms. The van der Waals surface area contributed by atoms with E-state index in [4.69, 9.17) is 29.9 Å². The summed E-state index contributed by atoms with van der Waals surface area (Å²) in [7, 11) is -4.22. The lowest BCUT2D eigenvalue weighted by Gasteiger charge is -2.41. The van der Waals surface area contributed by atoms with Gasteiger partial charge in [-0.15, -0.1) is 0 Å². The molecule has 0 unspecified atom stereocenters. The molecule has 0 aliphatic carbocycles. The molecule has 4 heterocycles. The van der Waals surface area contributed by atoms with Crippen LogP contribution < -0.4 is 30.5 Å². The average molecular weight is 1060 g/mol. The van der Waals surface area contributed by atoms with E-state index in [0.29, 0.717) is 34.9 Å². The van der Waals surface area contributed by atoms with Crippen molar-refractivity contribution in [1.29, 1.82) is 0 Å². The van der Waals surface area contributed by atoms with E-state index in [9.17, 15) is 0 Å². The topological polar surface area (TPSA) is 83.8 Å². The van der Waals surface area contributed by atoms with Crippen molar-refractivity contribution < 1.29 is 0 Å². The van der Waals surface area contributed by atoms with Gasteiger partial charge in [0.25, 0.3) is 0 Å². The number of rotatable bonds is 9. The molecular weight excluding hydrogens is 1010 g/mol. The quantitative estimate of drug-likeness (QED) is 0.132. The molecular formula is C70H54N8Si2. The third-order valence-corrected chi connectivity index (χ3v) is 23.0. The van der Waals surface area contributed by atoms with Gasteiger partial charge < -0.3 is 9.80 Å². The van der Waals surface area contributed by atoms with Gasteiger partial charge in [-0.3, -0.25) is 0 Å². The zero-order valence-corrected chi connectivity index (χ0v) is 46.8. The lowest BCUT2D eigenvalue weighted by atomic mass is 9.92. The number of benzene rings is 10. The summed E-state index contributed by atoms with van der Waals surface area (Å²) < 4.78 is 0. The van der Waals surface area contributed by atoms with Crippen LogP contribution in [0.15, 0.2) is 255 Å². The maximum atomic E-state index is 5.47. The van der Waals surface area contributed by atoms with Crippen molar-refractivity contribution in [2.24, 2.45) is 0 Å². The molecule has 0 spiro atoms. The summed E-state index contributed by atoms with van der Waals surface area (Å²) in [6, 6.07) is 90.1. The first kappa shape index (κ1) is 48.6. The highest BCUT2D eigenvalue weighted by Crippen LogP contribution is 2.47. The second-order valence-corrected chi connectivity index (χ2v) is 30.2. The Labute approximate surface area is 468 Å². The van der Waals surface area contributed by atoms with Gasteiger partial charge in [0, 0.05) is 67.5 Å². The fourth-order valence-corrected chi connectivity index (χ4v) is 17.9. The highest BCUT2D eigenvalue weighted by Gasteiger charge is 2.40. The Balaban J connectivity index is 1.08. The number of hydrogen-bond acceptors (Lipinski definition) is 8. The molecule has 0 amide bonds. The van der Waals surface area contributed by atoms with Crippen molar-refractivity contribution in [3.63, 3.8) is 0 Å². The summed E-state index contributed by atoms with van der Waals surface area (Å²) in [5, 5.41) is 5.52. The second-order valence-electron chi connectivity index (χ2n) is 21.5. The summed E-state index contributed by atoms with van der Waals surface area (Å²) in [5.41, 5.74) is 13.7. The van der Waals surface area contributed by atoms with Gasteiger partial charge in [0.05, 0.1) is 0 Å². The number of fused-ring (bicyclic) bond motifs is 4. The van der Waals surface area contributed by atoms with E-state index in [1.165, 1.54) is 43.5 Å². The van der Waals surface area contributed by atoms with E-state index >= 15 is 0 Å². The van der Waals surface area contributed by atoms with Crippen molar-refractivity contribution >= 4 is 71.0 Å². The van der Waals surface area contributed by atoms with E-state index in [1.807, 2.05) is 72.8 Å². The standard InChI is InChI=1S/C70H54N8Si2/c1-79(2)61-37-21-17-33-57(61)77(58-34-18-22-38-62(58)79)51-41-43-53(55(45-51)69-73-65(47-25-9-5-10-26-47)71-66(74-69)48-27-11-6-12-28-48)54-44-42-52(78-59-35-19-23-39-63(59)80(3,4)64-40-24-20-36-60(64)78)46-56(54)70-75-67(49-29-13-7-14-30-49)72-68(76-70)50-31-15-8-16-32-50/h5-46H,1-4H3. The molecule has 382 valence electrons. The van der Waals surface area contributed by atoms with Crippen molar-refractivity contribution in [2.75, 3.05) is 9.80 Å². The fourth-order valence-electron chi connectivity index (χ4n) is 11.9. The first-order chi connectivity index (χ1) is 39.2. The zero-order valence-electron chi connectivity index (χ0n) is 44.8. The van der Waals surface area contributed by atoms with Crippen LogP contribution in [-0.4, -0.2) is 46.1 Å². The summed E-state index contributed by atoms with van der Waals surface area (Å²) >= 11 is 0. The zero-order chi connectivity index (χ0) is 54.0. The molecule has 0 N–H and O–H groups in total. The molecule has 0 bridgehead atoms. The van der Waals surface area contributed by atoms with Gasteiger partial charge in [0.1, 0.15) is 16.1 Å². The van der Waals surface area contributed by atoms with Crippen LogP contribution in [0.1, 0.15) is 0 Å². The Hall–Kier alpha value is -9.75. The third-order valence-electron chi connectivity index (χ3n) is 16.0. The van der Waals surface area contributed by atoms with E-state index in [2.05, 4.69) is 218 Å². The minimum atomic E-state index is -2.11. The van der Waals surface area contributed by atoms with Crippen molar-refractivity contribution in [1.82, 2.24) is 29.9 Å². The summed E-state index contributed by atoms with van der Waals surface area (Å²) in [6.45, 7) is 9.83. The van der Waals surface area contributed by atoms with Crippen molar-refractivity contribution in [2.45, 2.75) is 26.2 Å². The van der Waals surface area contributed by atoms with Gasteiger partial charge in [-0.25, -0.2) is 29.9 Å². The van der Waals surface area contributed by atoms with Gasteiger partial charge in [-0.1, -0.05) is 232 Å². The first-order valence-corrected chi connectivity index (χ1v) is 33.2. The molecule has 2 aromatic heterocycles. The highest BCUT2D eigenvalue weighted by atomic mass is 28.3. The Bertz CT molecular complexity index is 3830. The molecule has 0 saturated heterocycles. The van der Waals surface area contributed by atoms with Crippen LogP contribution >= 0.6 is 0 Å². The van der Waals surface area contributed by atoms with E-state index in [1.54, 1.807) is 0 Å². The van der Waals surface area contributed by atoms with Crippen LogP contribution in [0, 0.1) is 0 Å². The number of hydrogen-bond donors (Lipinski definition) is 0. The lowest BCUT2D eigenvalue weighted by Crippen LogP contribution is -2.58. The first-order valence-electron chi connectivity index (χ1n) is 27.2. The molecule has 8 nitrogen and oxygen atoms in total. The molecule has 0 fully saturated rings. The molecule has 0 radical (unpaired) electrons. The normalized spacial score (nSPS) is 13.7. The molecule has 2 aliphatic rings. The van der Waals surface area contributed by atoms with Gasteiger partial charge in [-0.2, -0.15) is 0 Å². The van der Waals surface area contributed by atoms with E-state index in [-0.39, 0.29) is 0 Å². The number of aromatic nitrogens is 6. The number of nitrogens with zero attached hydrogens (tertiary/aromatic N) is 8. The average Bonchev–Trinajstić information content (AvgIpc) is 3.31. The van der Waals surface area contributed by atoms with Gasteiger partial charge in [-0.05, 0) is 80.4 Å². The number of para-hydroxylation sites is 4. The molecule has 12 aromatic rings. The van der Waals surface area contributed by atoms with E-state index in [0.717, 1.165) is 55.9 Å². The molecule has 0 atom stereocenters. The predicted molar refractivity (Wildman–Crippen MR) is 334 cm³/mol. The summed E-state index contributed by atoms with van der Waals surface area (Å²) in [6.07, 6.45) is 0. The Morgan fingerprint density at radius 1 is 0.237 bits per heavy atom. The fraction of sp³-hybridized carbons (Fsp3) is 0.0571. The SMILES string of the molecule is C[Si]1(C)c2ccccc2N(c2ccc(-c3ccc(N4c5ccccc5[Si](C)(C)c5ccccc54)cc3-c3nc(-c4ccccc4)nc(-c4ccccc4)n3)c(-c3nc(-c4ccccc4)nc(-c4ccccc4)n3)c2)c2ccccc21. The minimum absolute atomic E-state index is 0.537. The summed E-state index contributed by atoms with van der Waals surface area (Å²) in [5.74, 6) is 3.38.